The number of aliphatic imine (C=N–C) groups is 1. The summed E-state index contributed by atoms with van der Waals surface area (Å²) in [6.07, 6.45) is 0. The molecule has 144 valence electrons. The van der Waals surface area contributed by atoms with Crippen molar-refractivity contribution in [2.24, 2.45) is 4.99 Å². The Morgan fingerprint density at radius 2 is 1.85 bits per heavy atom. The van der Waals surface area contributed by atoms with Crippen molar-refractivity contribution in [3.8, 4) is 0 Å². The van der Waals surface area contributed by atoms with Crippen molar-refractivity contribution in [2.45, 2.75) is 25.9 Å². The Bertz CT molecular complexity index is 607. The van der Waals surface area contributed by atoms with Crippen LogP contribution in [0.5, 0.6) is 0 Å². The number of hydrogen-bond donors (Lipinski definition) is 3. The molecule has 0 unspecified atom stereocenters. The maximum absolute atomic E-state index is 11.6. The van der Waals surface area contributed by atoms with Crippen molar-refractivity contribution >= 4 is 11.9 Å². The fourth-order valence-electron chi connectivity index (χ4n) is 2.91. The SMILES string of the molecule is CN=C(NCc1ccc(C(=O)NC)cc1)NCC(C)(C)N1CCOCC1. The highest BCUT2D eigenvalue weighted by molar-refractivity contribution is 5.93. The standard InChI is InChI=1S/C19H31N5O2/c1-19(2,24-9-11-26-12-10-24)14-23-18(21-4)22-13-15-5-7-16(8-6-15)17(25)20-3/h5-8H,9-14H2,1-4H3,(H,20,25)(H2,21,22,23). The number of benzene rings is 1. The Labute approximate surface area is 156 Å². The number of ether oxygens (including phenoxy) is 1. The van der Waals surface area contributed by atoms with Gasteiger partial charge in [-0.1, -0.05) is 12.1 Å². The van der Waals surface area contributed by atoms with E-state index in [1.807, 2.05) is 24.3 Å². The van der Waals surface area contributed by atoms with Gasteiger partial charge in [-0.05, 0) is 31.5 Å². The first-order valence-corrected chi connectivity index (χ1v) is 9.04. The number of hydrogen-bond acceptors (Lipinski definition) is 4. The third-order valence-corrected chi connectivity index (χ3v) is 4.68. The molecule has 0 aromatic heterocycles. The van der Waals surface area contributed by atoms with Gasteiger partial charge in [-0.25, -0.2) is 0 Å². The van der Waals surface area contributed by atoms with Gasteiger partial charge < -0.3 is 20.7 Å². The number of amides is 1. The van der Waals surface area contributed by atoms with E-state index in [1.54, 1.807) is 14.1 Å². The van der Waals surface area contributed by atoms with Crippen LogP contribution in [-0.4, -0.2) is 69.2 Å². The summed E-state index contributed by atoms with van der Waals surface area (Å²) in [5.74, 6) is 0.689. The molecule has 1 saturated heterocycles. The molecule has 7 nitrogen and oxygen atoms in total. The summed E-state index contributed by atoms with van der Waals surface area (Å²) < 4.78 is 5.44. The molecule has 1 aliphatic heterocycles. The van der Waals surface area contributed by atoms with Gasteiger partial charge in [0.25, 0.3) is 5.91 Å². The van der Waals surface area contributed by atoms with E-state index in [2.05, 4.69) is 39.7 Å². The Morgan fingerprint density at radius 3 is 2.42 bits per heavy atom. The van der Waals surface area contributed by atoms with Gasteiger partial charge in [0, 0.05) is 51.4 Å². The van der Waals surface area contributed by atoms with Crippen LogP contribution in [0, 0.1) is 0 Å². The zero-order valence-corrected chi connectivity index (χ0v) is 16.3. The summed E-state index contributed by atoms with van der Waals surface area (Å²) in [5, 5.41) is 9.35. The van der Waals surface area contributed by atoms with Crippen LogP contribution in [0.25, 0.3) is 0 Å². The van der Waals surface area contributed by atoms with Crippen LogP contribution in [0.3, 0.4) is 0 Å². The molecule has 1 heterocycles. The van der Waals surface area contributed by atoms with Gasteiger partial charge >= 0.3 is 0 Å². The lowest BCUT2D eigenvalue weighted by atomic mass is 10.0. The minimum atomic E-state index is -0.0765. The normalized spacial score (nSPS) is 16.2. The summed E-state index contributed by atoms with van der Waals surface area (Å²) in [6, 6.07) is 7.55. The number of nitrogens with zero attached hydrogens (tertiary/aromatic N) is 2. The summed E-state index contributed by atoms with van der Waals surface area (Å²) in [4.78, 5) is 18.3. The molecule has 0 aliphatic carbocycles. The summed E-state index contributed by atoms with van der Waals surface area (Å²) in [6.45, 7) is 9.40. The Balaban J connectivity index is 1.82. The Hall–Kier alpha value is -2.12. The highest BCUT2D eigenvalue weighted by Crippen LogP contribution is 2.15. The van der Waals surface area contributed by atoms with Crippen molar-refractivity contribution in [1.82, 2.24) is 20.9 Å². The first-order chi connectivity index (χ1) is 12.5. The quantitative estimate of drug-likeness (QED) is 0.517. The molecule has 0 radical (unpaired) electrons. The smallest absolute Gasteiger partial charge is 0.251 e. The first kappa shape index (κ1) is 20.2. The number of carbonyl (C=O) groups excluding carboxylic acids is 1. The topological polar surface area (TPSA) is 78.0 Å². The van der Waals surface area contributed by atoms with Gasteiger partial charge in [-0.2, -0.15) is 0 Å². The molecule has 0 atom stereocenters. The predicted molar refractivity (Wildman–Crippen MR) is 105 cm³/mol. The third-order valence-electron chi connectivity index (χ3n) is 4.68. The molecule has 3 N–H and O–H groups in total. The molecule has 0 spiro atoms. The van der Waals surface area contributed by atoms with E-state index in [0.717, 1.165) is 44.4 Å². The van der Waals surface area contributed by atoms with E-state index in [0.29, 0.717) is 12.1 Å². The van der Waals surface area contributed by atoms with E-state index in [1.165, 1.54) is 0 Å². The number of rotatable bonds is 6. The minimum Gasteiger partial charge on any atom is -0.379 e. The lowest BCUT2D eigenvalue weighted by Crippen LogP contribution is -2.56. The summed E-state index contributed by atoms with van der Waals surface area (Å²) >= 11 is 0. The van der Waals surface area contributed by atoms with Crippen molar-refractivity contribution in [1.29, 1.82) is 0 Å². The lowest BCUT2D eigenvalue weighted by molar-refractivity contribution is -0.00834. The first-order valence-electron chi connectivity index (χ1n) is 9.04. The van der Waals surface area contributed by atoms with Gasteiger partial charge in [-0.3, -0.25) is 14.7 Å². The van der Waals surface area contributed by atoms with E-state index < -0.39 is 0 Å². The maximum Gasteiger partial charge on any atom is 0.251 e. The van der Waals surface area contributed by atoms with Crippen LogP contribution in [0.15, 0.2) is 29.3 Å². The van der Waals surface area contributed by atoms with Gasteiger partial charge in [-0.15, -0.1) is 0 Å². The van der Waals surface area contributed by atoms with Crippen molar-refractivity contribution in [2.75, 3.05) is 46.9 Å². The minimum absolute atomic E-state index is 0.0244. The molecule has 1 amide bonds. The Morgan fingerprint density at radius 1 is 1.19 bits per heavy atom. The van der Waals surface area contributed by atoms with Gasteiger partial charge in [0.2, 0.25) is 0 Å². The average Bonchev–Trinajstić information content (AvgIpc) is 2.68. The average molecular weight is 361 g/mol. The third kappa shape index (κ3) is 5.71. The molecular formula is C19H31N5O2. The monoisotopic (exact) mass is 361 g/mol. The molecule has 1 aliphatic rings. The second-order valence-corrected chi connectivity index (χ2v) is 6.97. The number of guanidine groups is 1. The molecule has 2 rings (SSSR count). The number of morpholine rings is 1. The zero-order chi connectivity index (χ0) is 19.0. The van der Waals surface area contributed by atoms with Crippen LogP contribution in [-0.2, 0) is 11.3 Å². The summed E-state index contributed by atoms with van der Waals surface area (Å²) in [5.41, 5.74) is 1.77. The Kier molecular flexibility index (Phi) is 7.41. The van der Waals surface area contributed by atoms with E-state index in [9.17, 15) is 4.79 Å². The largest absolute Gasteiger partial charge is 0.379 e. The van der Waals surface area contributed by atoms with Gasteiger partial charge in [0.1, 0.15) is 0 Å². The highest BCUT2D eigenvalue weighted by Gasteiger charge is 2.28. The maximum atomic E-state index is 11.6. The zero-order valence-electron chi connectivity index (χ0n) is 16.3. The molecule has 26 heavy (non-hydrogen) atoms. The van der Waals surface area contributed by atoms with Crippen LogP contribution in [0.4, 0.5) is 0 Å². The van der Waals surface area contributed by atoms with E-state index in [4.69, 9.17) is 4.74 Å². The van der Waals surface area contributed by atoms with E-state index in [-0.39, 0.29) is 11.4 Å². The second kappa shape index (κ2) is 9.54. The van der Waals surface area contributed by atoms with Crippen LogP contribution >= 0.6 is 0 Å². The van der Waals surface area contributed by atoms with Crippen molar-refractivity contribution < 1.29 is 9.53 Å². The van der Waals surface area contributed by atoms with Crippen molar-refractivity contribution in [3.63, 3.8) is 0 Å². The van der Waals surface area contributed by atoms with Crippen LogP contribution in [0.1, 0.15) is 29.8 Å². The second-order valence-electron chi connectivity index (χ2n) is 6.97. The number of carbonyl (C=O) groups is 1. The van der Waals surface area contributed by atoms with Crippen LogP contribution in [0.2, 0.25) is 0 Å². The van der Waals surface area contributed by atoms with Crippen LogP contribution < -0.4 is 16.0 Å². The van der Waals surface area contributed by atoms with E-state index >= 15 is 0 Å². The number of nitrogens with one attached hydrogen (secondary N) is 3. The molecule has 1 fully saturated rings. The van der Waals surface area contributed by atoms with Crippen molar-refractivity contribution in [3.05, 3.63) is 35.4 Å². The molecule has 1 aromatic carbocycles. The molecule has 1 aromatic rings. The molecule has 0 bridgehead atoms. The van der Waals surface area contributed by atoms with Gasteiger partial charge in [0.15, 0.2) is 5.96 Å². The lowest BCUT2D eigenvalue weighted by Gasteiger charge is -2.41. The summed E-state index contributed by atoms with van der Waals surface area (Å²) in [7, 11) is 3.40. The fraction of sp³-hybridized carbons (Fsp3) is 0.579. The predicted octanol–water partition coefficient (Wildman–Crippen LogP) is 0.822. The molecule has 7 heteroatoms. The molecular weight excluding hydrogens is 330 g/mol. The fourth-order valence-corrected chi connectivity index (χ4v) is 2.91. The van der Waals surface area contributed by atoms with Gasteiger partial charge in [0.05, 0.1) is 13.2 Å². The highest BCUT2D eigenvalue weighted by atomic mass is 16.5. The molecule has 0 saturated carbocycles.